The van der Waals surface area contributed by atoms with Gasteiger partial charge in [0.1, 0.15) is 11.6 Å². The van der Waals surface area contributed by atoms with Crippen molar-refractivity contribution in [3.8, 4) is 6.07 Å². The van der Waals surface area contributed by atoms with E-state index in [1.54, 1.807) is 6.08 Å². The summed E-state index contributed by atoms with van der Waals surface area (Å²) in [6.45, 7) is 0.572. The van der Waals surface area contributed by atoms with E-state index < -0.39 is 0 Å². The van der Waals surface area contributed by atoms with Crippen molar-refractivity contribution in [2.24, 2.45) is 0 Å². The molecule has 0 atom stereocenters. The van der Waals surface area contributed by atoms with E-state index in [0.717, 1.165) is 42.8 Å². The number of nitrogens with one attached hydrogen (secondary N) is 1. The molecule has 3 nitrogen and oxygen atoms in total. The van der Waals surface area contributed by atoms with Crippen molar-refractivity contribution in [1.82, 2.24) is 5.32 Å². The van der Waals surface area contributed by atoms with Crippen LogP contribution in [-0.4, -0.2) is 18.2 Å². The second kappa shape index (κ2) is 14.0. The predicted molar refractivity (Wildman–Crippen MR) is 139 cm³/mol. The van der Waals surface area contributed by atoms with E-state index in [0.29, 0.717) is 6.54 Å². The molecule has 3 aromatic rings. The van der Waals surface area contributed by atoms with Crippen molar-refractivity contribution in [3.05, 3.63) is 113 Å². The maximum Gasteiger partial charge on any atom is 0.261 e. The molecule has 0 fully saturated rings. The first kappa shape index (κ1) is 24.4. The fourth-order valence-electron chi connectivity index (χ4n) is 3.51. The molecule has 0 heterocycles. The zero-order valence-electron chi connectivity index (χ0n) is 18.9. The first-order valence-electron chi connectivity index (χ1n) is 11.4. The SMILES string of the molecule is N#CC(=Cc1cccc(CSCCc2ccccc2)c1)C(=O)NCCCCc1ccccc1. The smallest absolute Gasteiger partial charge is 0.261 e. The highest BCUT2D eigenvalue weighted by atomic mass is 32.2. The number of carbonyl (C=O) groups is 1. The molecule has 0 aromatic heterocycles. The number of rotatable bonds is 12. The molecule has 0 saturated heterocycles. The van der Waals surface area contributed by atoms with Crippen molar-refractivity contribution in [2.75, 3.05) is 12.3 Å². The molecule has 0 saturated carbocycles. The molecule has 33 heavy (non-hydrogen) atoms. The Morgan fingerprint density at radius 3 is 2.21 bits per heavy atom. The van der Waals surface area contributed by atoms with E-state index in [4.69, 9.17) is 0 Å². The van der Waals surface area contributed by atoms with Crippen LogP contribution in [0.3, 0.4) is 0 Å². The molecular weight excluding hydrogens is 424 g/mol. The van der Waals surface area contributed by atoms with Gasteiger partial charge in [0.2, 0.25) is 0 Å². The summed E-state index contributed by atoms with van der Waals surface area (Å²) >= 11 is 1.89. The summed E-state index contributed by atoms with van der Waals surface area (Å²) in [5.41, 5.74) is 4.88. The van der Waals surface area contributed by atoms with Crippen molar-refractivity contribution in [2.45, 2.75) is 31.4 Å². The average Bonchev–Trinajstić information content (AvgIpc) is 2.86. The fraction of sp³-hybridized carbons (Fsp3) is 0.241. The molecule has 0 aliphatic heterocycles. The van der Waals surface area contributed by atoms with Gasteiger partial charge in [-0.15, -0.1) is 0 Å². The lowest BCUT2D eigenvalue weighted by molar-refractivity contribution is -0.117. The van der Waals surface area contributed by atoms with Gasteiger partial charge in [0, 0.05) is 12.3 Å². The van der Waals surface area contributed by atoms with E-state index >= 15 is 0 Å². The number of unbranched alkanes of at least 4 members (excludes halogenated alkanes) is 1. The minimum Gasteiger partial charge on any atom is -0.351 e. The van der Waals surface area contributed by atoms with Gasteiger partial charge < -0.3 is 5.32 Å². The van der Waals surface area contributed by atoms with E-state index in [-0.39, 0.29) is 11.5 Å². The molecule has 0 bridgehead atoms. The zero-order chi connectivity index (χ0) is 23.1. The number of nitriles is 1. The van der Waals surface area contributed by atoms with Crippen LogP contribution in [0.15, 0.2) is 90.5 Å². The summed E-state index contributed by atoms with van der Waals surface area (Å²) in [5, 5.41) is 12.4. The minimum atomic E-state index is -0.306. The van der Waals surface area contributed by atoms with Crippen LogP contribution in [0.2, 0.25) is 0 Å². The van der Waals surface area contributed by atoms with Crippen LogP contribution in [0, 0.1) is 11.3 Å². The van der Waals surface area contributed by atoms with Crippen molar-refractivity contribution in [1.29, 1.82) is 5.26 Å². The summed E-state index contributed by atoms with van der Waals surface area (Å²) in [7, 11) is 0. The second-order valence-electron chi connectivity index (χ2n) is 7.90. The van der Waals surface area contributed by atoms with Crippen LogP contribution in [0.25, 0.3) is 6.08 Å². The summed E-state index contributed by atoms with van der Waals surface area (Å²) in [4.78, 5) is 12.4. The molecule has 0 unspecified atom stereocenters. The molecule has 0 radical (unpaired) electrons. The lowest BCUT2D eigenvalue weighted by Gasteiger charge is -2.06. The lowest BCUT2D eigenvalue weighted by atomic mass is 10.1. The highest BCUT2D eigenvalue weighted by molar-refractivity contribution is 7.98. The van der Waals surface area contributed by atoms with E-state index in [9.17, 15) is 10.1 Å². The van der Waals surface area contributed by atoms with Gasteiger partial charge in [0.05, 0.1) is 0 Å². The molecule has 1 N–H and O–H groups in total. The fourth-order valence-corrected chi connectivity index (χ4v) is 4.45. The van der Waals surface area contributed by atoms with Gasteiger partial charge in [-0.3, -0.25) is 4.79 Å². The molecule has 1 amide bonds. The highest BCUT2D eigenvalue weighted by Crippen LogP contribution is 2.17. The minimum absolute atomic E-state index is 0.145. The van der Waals surface area contributed by atoms with E-state index in [1.165, 1.54) is 16.7 Å². The maximum absolute atomic E-state index is 12.4. The number of carbonyl (C=O) groups excluding carboxylic acids is 1. The van der Waals surface area contributed by atoms with Crippen molar-refractivity contribution < 1.29 is 4.79 Å². The molecular formula is C29H30N2OS. The standard InChI is InChI=1S/C29H30N2OS/c30-22-28(29(32)31-18-8-7-14-24-10-3-1-4-11-24)21-26-15-9-16-27(20-26)23-33-19-17-25-12-5-2-6-13-25/h1-6,9-13,15-16,20-21H,7-8,14,17-19,23H2,(H,31,32). The van der Waals surface area contributed by atoms with Crippen LogP contribution >= 0.6 is 11.8 Å². The summed E-state index contributed by atoms with van der Waals surface area (Å²) < 4.78 is 0. The Hall–Kier alpha value is -3.29. The Morgan fingerprint density at radius 1 is 0.848 bits per heavy atom. The molecule has 4 heteroatoms. The number of aryl methyl sites for hydroxylation is 2. The lowest BCUT2D eigenvalue weighted by Crippen LogP contribution is -2.25. The van der Waals surface area contributed by atoms with E-state index in [2.05, 4.69) is 59.9 Å². The Balaban J connectivity index is 1.43. The normalized spacial score (nSPS) is 11.1. The molecule has 168 valence electrons. The summed E-state index contributed by atoms with van der Waals surface area (Å²) in [5.74, 6) is 1.66. The number of amides is 1. The predicted octanol–water partition coefficient (Wildman–Crippen LogP) is 6.21. The summed E-state index contributed by atoms with van der Waals surface area (Å²) in [6.07, 6.45) is 5.61. The third-order valence-electron chi connectivity index (χ3n) is 5.29. The maximum atomic E-state index is 12.4. The third-order valence-corrected chi connectivity index (χ3v) is 6.32. The van der Waals surface area contributed by atoms with Gasteiger partial charge in [-0.2, -0.15) is 17.0 Å². The Bertz CT molecular complexity index is 1070. The van der Waals surface area contributed by atoms with Crippen LogP contribution in [0.4, 0.5) is 0 Å². The summed E-state index contributed by atoms with van der Waals surface area (Å²) in [6, 6.07) is 30.9. The van der Waals surface area contributed by atoms with Gasteiger partial charge in [0.15, 0.2) is 0 Å². The van der Waals surface area contributed by atoms with Crippen LogP contribution in [0.1, 0.15) is 35.1 Å². The quantitative estimate of drug-likeness (QED) is 0.201. The van der Waals surface area contributed by atoms with Crippen molar-refractivity contribution in [3.63, 3.8) is 0 Å². The Morgan fingerprint density at radius 2 is 1.52 bits per heavy atom. The first-order chi connectivity index (χ1) is 16.2. The van der Waals surface area contributed by atoms with Crippen LogP contribution in [0.5, 0.6) is 0 Å². The molecule has 0 aliphatic carbocycles. The number of nitrogens with zero attached hydrogens (tertiary/aromatic N) is 1. The van der Waals surface area contributed by atoms with Crippen molar-refractivity contribution >= 4 is 23.7 Å². The first-order valence-corrected chi connectivity index (χ1v) is 12.5. The second-order valence-corrected chi connectivity index (χ2v) is 9.01. The molecule has 0 aliphatic rings. The van der Waals surface area contributed by atoms with Gasteiger partial charge in [-0.05, 0) is 59.8 Å². The van der Waals surface area contributed by atoms with Crippen LogP contribution in [-0.2, 0) is 23.4 Å². The number of benzene rings is 3. The Labute approximate surface area is 201 Å². The van der Waals surface area contributed by atoms with Gasteiger partial charge in [-0.25, -0.2) is 0 Å². The average molecular weight is 455 g/mol. The monoisotopic (exact) mass is 454 g/mol. The topological polar surface area (TPSA) is 52.9 Å². The third kappa shape index (κ3) is 9.00. The largest absolute Gasteiger partial charge is 0.351 e. The van der Waals surface area contributed by atoms with Crippen LogP contribution < -0.4 is 5.32 Å². The van der Waals surface area contributed by atoms with Gasteiger partial charge >= 0.3 is 0 Å². The molecule has 0 spiro atoms. The molecule has 3 rings (SSSR count). The Kier molecular flexibility index (Phi) is 10.3. The number of thioether (sulfide) groups is 1. The molecule has 3 aromatic carbocycles. The number of hydrogen-bond acceptors (Lipinski definition) is 3. The zero-order valence-corrected chi connectivity index (χ0v) is 19.7. The van der Waals surface area contributed by atoms with Gasteiger partial charge in [0.25, 0.3) is 5.91 Å². The highest BCUT2D eigenvalue weighted by Gasteiger charge is 2.08. The van der Waals surface area contributed by atoms with E-state index in [1.807, 2.05) is 48.2 Å². The number of hydrogen-bond donors (Lipinski definition) is 1. The van der Waals surface area contributed by atoms with Gasteiger partial charge in [-0.1, -0.05) is 84.9 Å².